The highest BCUT2D eigenvalue weighted by molar-refractivity contribution is 6.00. The third-order valence-corrected chi connectivity index (χ3v) is 13.1. The van der Waals surface area contributed by atoms with Crippen LogP contribution in [-0.2, 0) is 28.2 Å². The van der Waals surface area contributed by atoms with Crippen LogP contribution < -0.4 is 18.3 Å². The number of fused-ring (bicyclic) bond motifs is 8. The Kier molecular flexibility index (Phi) is 10.1. The van der Waals surface area contributed by atoms with E-state index in [1.54, 1.807) is 25.1 Å². The average Bonchev–Trinajstić information content (AvgIpc) is 4.21. The van der Waals surface area contributed by atoms with Gasteiger partial charge in [-0.25, -0.2) is 28.2 Å². The lowest BCUT2D eigenvalue weighted by Gasteiger charge is -2.07. The van der Waals surface area contributed by atoms with E-state index in [-0.39, 0.29) is 0 Å². The number of H-pyrrole nitrogens is 2. The molecule has 0 amide bonds. The van der Waals surface area contributed by atoms with E-state index in [2.05, 4.69) is 151 Å². The molecule has 346 valence electrons. The van der Waals surface area contributed by atoms with Crippen LogP contribution >= 0.6 is 0 Å². The summed E-state index contributed by atoms with van der Waals surface area (Å²) in [5.74, 6) is 3.07. The minimum Gasteiger partial charge on any atom is -0.464 e. The summed E-state index contributed by atoms with van der Waals surface area (Å²) in [6.07, 6.45) is 32.1. The second kappa shape index (κ2) is 17.1. The van der Waals surface area contributed by atoms with Gasteiger partial charge in [0.2, 0.25) is 0 Å². The number of aryl methyl sites for hydroxylation is 4. The number of aromatic nitrogens is 8. The maximum atomic E-state index is 5.96. The summed E-state index contributed by atoms with van der Waals surface area (Å²) in [4.78, 5) is 19.0. The van der Waals surface area contributed by atoms with Gasteiger partial charge in [0, 0.05) is 44.3 Å². The lowest BCUT2D eigenvalue weighted by molar-refractivity contribution is -0.670. The molecule has 13 rings (SSSR count). The largest absolute Gasteiger partial charge is 0.464 e. The first-order chi connectivity index (χ1) is 35.2. The topological polar surface area (TPSA) is 125 Å². The van der Waals surface area contributed by atoms with Crippen molar-refractivity contribution in [3.05, 3.63) is 194 Å². The van der Waals surface area contributed by atoms with E-state index in [1.807, 2.05) is 76.7 Å². The molecule has 0 saturated heterocycles. The Morgan fingerprint density at radius 2 is 0.556 bits per heavy atom. The molecule has 0 fully saturated rings. The molecule has 12 nitrogen and oxygen atoms in total. The zero-order valence-corrected chi connectivity index (χ0v) is 39.8. The summed E-state index contributed by atoms with van der Waals surface area (Å²) in [7, 11) is 8.13. The van der Waals surface area contributed by atoms with Crippen molar-refractivity contribution in [2.24, 2.45) is 28.2 Å². The zero-order chi connectivity index (χ0) is 48.5. The summed E-state index contributed by atoms with van der Waals surface area (Å²) in [6, 6.07) is 32.8. The molecule has 2 aliphatic rings. The van der Waals surface area contributed by atoms with Crippen LogP contribution in [0.1, 0.15) is 22.8 Å². The Morgan fingerprint density at radius 1 is 0.319 bits per heavy atom. The maximum absolute atomic E-state index is 5.96. The molecule has 11 aromatic heterocycles. The van der Waals surface area contributed by atoms with Crippen molar-refractivity contribution >= 4 is 46.4 Å². The number of furan rings is 4. The van der Waals surface area contributed by atoms with Crippen molar-refractivity contribution in [3.8, 4) is 89.8 Å². The van der Waals surface area contributed by atoms with E-state index in [9.17, 15) is 0 Å². The summed E-state index contributed by atoms with van der Waals surface area (Å²) in [5, 5.41) is 0. The number of pyridine rings is 4. The quantitative estimate of drug-likeness (QED) is 0.146. The molecule has 72 heavy (non-hydrogen) atoms. The first kappa shape index (κ1) is 42.4. The van der Waals surface area contributed by atoms with Gasteiger partial charge in [0.15, 0.2) is 49.6 Å². The second-order valence-electron chi connectivity index (χ2n) is 18.3. The summed E-state index contributed by atoms with van der Waals surface area (Å²) in [6.45, 7) is 0. The standard InChI is InChI=1S/C60H46N8O4/c1-65-29-37(53-9-5-21-69-53)25-41(33-65)57-45-13-15-47(61-45)58(42-26-38(30-66(2)34-42)54-10-6-22-70-54)49-17-19-51(63-49)60(44-28-40(32-68(4)36-44)56-12-8-24-72-56)52-20-18-50(64-52)59(48-16-14-46(57)62-48)43-27-39(31-67(3)35-43)55-11-7-23-71-55/h5-36,61,64H,1-4H3/q+4. The fourth-order valence-corrected chi connectivity index (χ4v) is 10.1. The first-order valence-electron chi connectivity index (χ1n) is 23.6. The van der Waals surface area contributed by atoms with E-state index >= 15 is 0 Å². The van der Waals surface area contributed by atoms with E-state index < -0.39 is 0 Å². The van der Waals surface area contributed by atoms with Gasteiger partial charge < -0.3 is 27.6 Å². The summed E-state index contributed by atoms with van der Waals surface area (Å²) in [5.41, 5.74) is 17.8. The van der Waals surface area contributed by atoms with E-state index in [0.29, 0.717) is 0 Å². The lowest BCUT2D eigenvalue weighted by Crippen LogP contribution is -2.27. The van der Waals surface area contributed by atoms with Gasteiger partial charge in [-0.2, -0.15) is 0 Å². The van der Waals surface area contributed by atoms with Gasteiger partial charge in [-0.3, -0.25) is 0 Å². The third-order valence-electron chi connectivity index (χ3n) is 13.1. The van der Waals surface area contributed by atoms with Crippen molar-refractivity contribution in [1.29, 1.82) is 0 Å². The molecular formula is C60H46N8O4+4. The van der Waals surface area contributed by atoms with Gasteiger partial charge in [0.1, 0.15) is 51.2 Å². The molecule has 13 heterocycles. The van der Waals surface area contributed by atoms with E-state index in [1.165, 1.54) is 0 Å². The van der Waals surface area contributed by atoms with Gasteiger partial charge in [-0.1, -0.05) is 0 Å². The van der Waals surface area contributed by atoms with Gasteiger partial charge in [-0.05, 0) is 121 Å². The van der Waals surface area contributed by atoms with Crippen LogP contribution in [0.3, 0.4) is 0 Å². The fraction of sp³-hybridized carbons (Fsp3) is 0.0667. The second-order valence-corrected chi connectivity index (χ2v) is 18.3. The normalized spacial score (nSPS) is 12.1. The highest BCUT2D eigenvalue weighted by Crippen LogP contribution is 2.40. The summed E-state index contributed by atoms with van der Waals surface area (Å²) < 4.78 is 32.1. The Morgan fingerprint density at radius 3 is 0.778 bits per heavy atom. The first-order valence-corrected chi connectivity index (χ1v) is 23.6. The van der Waals surface area contributed by atoms with Gasteiger partial charge in [0.25, 0.3) is 0 Å². The molecule has 8 bridgehead atoms. The molecule has 0 unspecified atom stereocenters. The van der Waals surface area contributed by atoms with Gasteiger partial charge in [0.05, 0.1) is 92.3 Å². The highest BCUT2D eigenvalue weighted by atomic mass is 16.3. The Balaban J connectivity index is 1.18. The number of aromatic amines is 2. The number of hydrogen-bond donors (Lipinski definition) is 2. The van der Waals surface area contributed by atoms with Crippen molar-refractivity contribution < 1.29 is 35.9 Å². The number of hydrogen-bond acceptors (Lipinski definition) is 6. The SMILES string of the molecule is C[n+]1cc(-c2ccco2)cc(-c2c3nc(c(-c4cc(-c5ccco5)c[n+](C)c4)c4ccc([nH]4)c(-c4cc(-c5ccco5)c[n+](C)c4)c4nc(c(-c5cc(-c6ccco6)c[n+](C)c5)c5ccc2[nH]5)C=C4)C=C3)c1. The van der Waals surface area contributed by atoms with Crippen LogP contribution in [0.25, 0.3) is 136 Å². The van der Waals surface area contributed by atoms with Crippen LogP contribution in [0.15, 0.2) is 189 Å². The molecule has 0 aliphatic carbocycles. The fourth-order valence-electron chi connectivity index (χ4n) is 10.1. The molecule has 0 aromatic carbocycles. The van der Waals surface area contributed by atoms with Crippen molar-refractivity contribution in [1.82, 2.24) is 19.9 Å². The molecular weight excluding hydrogens is 897 g/mol. The predicted molar refractivity (Wildman–Crippen MR) is 276 cm³/mol. The molecule has 2 N–H and O–H groups in total. The van der Waals surface area contributed by atoms with E-state index in [0.717, 1.165) is 135 Å². The molecule has 2 aliphatic heterocycles. The van der Waals surface area contributed by atoms with Crippen LogP contribution in [0.2, 0.25) is 0 Å². The minimum atomic E-state index is 0.766. The van der Waals surface area contributed by atoms with Crippen molar-refractivity contribution in [2.75, 3.05) is 0 Å². The number of nitrogens with one attached hydrogen (secondary N) is 2. The Hall–Kier alpha value is -9.68. The Bertz CT molecular complexity index is 3610. The molecule has 0 spiro atoms. The summed E-state index contributed by atoms with van der Waals surface area (Å²) >= 11 is 0. The monoisotopic (exact) mass is 942 g/mol. The zero-order valence-electron chi connectivity index (χ0n) is 39.8. The maximum Gasteiger partial charge on any atom is 0.179 e. The molecule has 11 aromatic rings. The molecule has 0 radical (unpaired) electrons. The number of rotatable bonds is 8. The minimum absolute atomic E-state index is 0.766. The predicted octanol–water partition coefficient (Wildman–Crippen LogP) is 11.7. The number of nitrogens with zero attached hydrogens (tertiary/aromatic N) is 6. The smallest absolute Gasteiger partial charge is 0.179 e. The Labute approximate surface area is 413 Å². The van der Waals surface area contributed by atoms with Gasteiger partial charge in [-0.15, -0.1) is 0 Å². The van der Waals surface area contributed by atoms with E-state index in [4.69, 9.17) is 27.6 Å². The lowest BCUT2D eigenvalue weighted by atomic mass is 10.0. The molecule has 0 saturated carbocycles. The van der Waals surface area contributed by atoms with Crippen molar-refractivity contribution in [3.63, 3.8) is 0 Å². The van der Waals surface area contributed by atoms with Crippen LogP contribution in [0, 0.1) is 0 Å². The average molecular weight is 943 g/mol. The van der Waals surface area contributed by atoms with Crippen LogP contribution in [-0.4, -0.2) is 19.9 Å². The van der Waals surface area contributed by atoms with Crippen molar-refractivity contribution in [2.45, 2.75) is 0 Å². The molecule has 12 heteroatoms. The third kappa shape index (κ3) is 7.67. The van der Waals surface area contributed by atoms with Crippen LogP contribution in [0.4, 0.5) is 0 Å². The highest BCUT2D eigenvalue weighted by Gasteiger charge is 2.24. The molecule has 0 atom stereocenters. The van der Waals surface area contributed by atoms with Crippen LogP contribution in [0.5, 0.6) is 0 Å². The van der Waals surface area contributed by atoms with Gasteiger partial charge >= 0.3 is 0 Å².